The van der Waals surface area contributed by atoms with Gasteiger partial charge in [0.15, 0.2) is 0 Å². The fourth-order valence-electron chi connectivity index (χ4n) is 5.78. The number of nitrogens with zero attached hydrogens (tertiary/aromatic N) is 3. The summed E-state index contributed by atoms with van der Waals surface area (Å²) in [6.07, 6.45) is 0.984. The Hall–Kier alpha value is -1.39. The molecule has 3 aliphatic rings. The van der Waals surface area contributed by atoms with Gasteiger partial charge in [-0.1, -0.05) is 26.2 Å². The molecule has 0 aromatic rings. The lowest BCUT2D eigenvalue weighted by Crippen LogP contribution is -2.57. The molecular weight excluding hydrogens is 449 g/mol. The third-order valence-electron chi connectivity index (χ3n) is 7.66. The van der Waals surface area contributed by atoms with Crippen LogP contribution in [0.25, 0.3) is 0 Å². The van der Waals surface area contributed by atoms with Crippen molar-refractivity contribution in [3.63, 3.8) is 0 Å². The van der Waals surface area contributed by atoms with Crippen molar-refractivity contribution in [2.75, 3.05) is 60.0 Å². The first-order chi connectivity index (χ1) is 16.1. The van der Waals surface area contributed by atoms with Gasteiger partial charge < -0.3 is 19.9 Å². The molecule has 34 heavy (non-hydrogen) atoms. The van der Waals surface area contributed by atoms with E-state index in [1.165, 1.54) is 4.90 Å². The van der Waals surface area contributed by atoms with Crippen LogP contribution in [0, 0.1) is 17.8 Å². The van der Waals surface area contributed by atoms with Crippen molar-refractivity contribution in [1.82, 2.24) is 20.0 Å². The van der Waals surface area contributed by atoms with Crippen LogP contribution in [0.2, 0.25) is 0 Å². The Morgan fingerprint density at radius 3 is 2.50 bits per heavy atom. The van der Waals surface area contributed by atoms with E-state index in [0.717, 1.165) is 38.6 Å². The predicted molar refractivity (Wildman–Crippen MR) is 123 cm³/mol. The Labute approximate surface area is 201 Å². The average Bonchev–Trinajstić information content (AvgIpc) is 3.46. The SMILES string of the molecule is CCC(CC(=O)NCC1CN(C(=O)C2COCCN2C2CCCC2)CC1C(F)(F)F)CN(C)C. The maximum atomic E-state index is 13.9. The van der Waals surface area contributed by atoms with Crippen LogP contribution in [-0.4, -0.2) is 105 Å². The van der Waals surface area contributed by atoms with E-state index in [0.29, 0.717) is 19.2 Å². The molecule has 2 amide bonds. The summed E-state index contributed by atoms with van der Waals surface area (Å²) in [5.41, 5.74) is 0. The minimum absolute atomic E-state index is 0.00714. The van der Waals surface area contributed by atoms with Crippen molar-refractivity contribution < 1.29 is 27.5 Å². The Morgan fingerprint density at radius 1 is 1.18 bits per heavy atom. The molecule has 0 spiro atoms. The van der Waals surface area contributed by atoms with Gasteiger partial charge in [0.1, 0.15) is 6.04 Å². The normalized spacial score (nSPS) is 28.0. The van der Waals surface area contributed by atoms with Gasteiger partial charge in [0, 0.05) is 51.1 Å². The van der Waals surface area contributed by atoms with Crippen molar-refractivity contribution in [3.05, 3.63) is 0 Å². The summed E-state index contributed by atoms with van der Waals surface area (Å²) in [5, 5.41) is 2.73. The zero-order valence-corrected chi connectivity index (χ0v) is 20.8. The highest BCUT2D eigenvalue weighted by Gasteiger charge is 2.52. The van der Waals surface area contributed by atoms with E-state index in [4.69, 9.17) is 4.74 Å². The lowest BCUT2D eigenvalue weighted by atomic mass is 9.95. The van der Waals surface area contributed by atoms with Crippen LogP contribution in [0.1, 0.15) is 45.4 Å². The predicted octanol–water partition coefficient (Wildman–Crippen LogP) is 2.36. The zero-order chi connectivity index (χ0) is 24.9. The molecule has 196 valence electrons. The van der Waals surface area contributed by atoms with Gasteiger partial charge in [-0.3, -0.25) is 14.5 Å². The maximum Gasteiger partial charge on any atom is 0.393 e. The minimum atomic E-state index is -4.42. The second-order valence-electron chi connectivity index (χ2n) is 10.5. The van der Waals surface area contributed by atoms with Crippen molar-refractivity contribution >= 4 is 11.8 Å². The van der Waals surface area contributed by atoms with Gasteiger partial charge in [0.25, 0.3) is 0 Å². The Balaban J connectivity index is 1.61. The van der Waals surface area contributed by atoms with Crippen molar-refractivity contribution in [2.45, 2.75) is 63.7 Å². The molecule has 1 N–H and O–H groups in total. The van der Waals surface area contributed by atoms with E-state index in [2.05, 4.69) is 10.2 Å². The number of hydrogen-bond acceptors (Lipinski definition) is 5. The lowest BCUT2D eigenvalue weighted by molar-refractivity contribution is -0.180. The molecule has 7 nitrogen and oxygen atoms in total. The number of halogens is 3. The number of carbonyl (C=O) groups excluding carboxylic acids is 2. The van der Waals surface area contributed by atoms with Crippen molar-refractivity contribution in [2.24, 2.45) is 17.8 Å². The van der Waals surface area contributed by atoms with Gasteiger partial charge >= 0.3 is 6.18 Å². The van der Waals surface area contributed by atoms with Gasteiger partial charge in [-0.2, -0.15) is 13.2 Å². The molecule has 2 heterocycles. The highest BCUT2D eigenvalue weighted by atomic mass is 19.4. The fourth-order valence-corrected chi connectivity index (χ4v) is 5.78. The highest BCUT2D eigenvalue weighted by molar-refractivity contribution is 5.82. The zero-order valence-electron chi connectivity index (χ0n) is 20.8. The number of alkyl halides is 3. The second-order valence-corrected chi connectivity index (χ2v) is 10.5. The Bertz CT molecular complexity index is 685. The van der Waals surface area contributed by atoms with Crippen LogP contribution in [0.4, 0.5) is 13.2 Å². The van der Waals surface area contributed by atoms with Gasteiger partial charge in [0.05, 0.1) is 19.1 Å². The molecule has 1 aliphatic carbocycles. The summed E-state index contributed by atoms with van der Waals surface area (Å²) < 4.78 is 47.1. The molecule has 1 saturated carbocycles. The molecule has 0 bridgehead atoms. The first kappa shape index (κ1) is 27.2. The van der Waals surface area contributed by atoms with E-state index >= 15 is 0 Å². The van der Waals surface area contributed by atoms with E-state index in [9.17, 15) is 22.8 Å². The van der Waals surface area contributed by atoms with Crippen LogP contribution in [0.3, 0.4) is 0 Å². The molecule has 3 fully saturated rings. The van der Waals surface area contributed by atoms with E-state index in [1.54, 1.807) is 0 Å². The summed E-state index contributed by atoms with van der Waals surface area (Å²) >= 11 is 0. The quantitative estimate of drug-likeness (QED) is 0.538. The summed E-state index contributed by atoms with van der Waals surface area (Å²) in [5.74, 6) is -2.82. The summed E-state index contributed by atoms with van der Waals surface area (Å²) in [7, 11) is 3.87. The van der Waals surface area contributed by atoms with Crippen LogP contribution < -0.4 is 5.32 Å². The lowest BCUT2D eigenvalue weighted by Gasteiger charge is -2.40. The van der Waals surface area contributed by atoms with Gasteiger partial charge in [-0.15, -0.1) is 0 Å². The van der Waals surface area contributed by atoms with Gasteiger partial charge in [0.2, 0.25) is 11.8 Å². The molecule has 0 radical (unpaired) electrons. The Kier molecular flexibility index (Phi) is 9.63. The first-order valence-corrected chi connectivity index (χ1v) is 12.7. The van der Waals surface area contributed by atoms with Gasteiger partial charge in [-0.05, 0) is 32.9 Å². The van der Waals surface area contributed by atoms with E-state index in [1.807, 2.05) is 25.9 Å². The third kappa shape index (κ3) is 7.07. The largest absolute Gasteiger partial charge is 0.393 e. The molecule has 2 saturated heterocycles. The van der Waals surface area contributed by atoms with Crippen molar-refractivity contribution in [3.8, 4) is 0 Å². The maximum absolute atomic E-state index is 13.9. The van der Waals surface area contributed by atoms with E-state index < -0.39 is 24.1 Å². The number of hydrogen-bond donors (Lipinski definition) is 1. The molecule has 3 rings (SSSR count). The molecular formula is C24H41F3N4O3. The molecule has 4 atom stereocenters. The van der Waals surface area contributed by atoms with E-state index in [-0.39, 0.29) is 50.4 Å². The summed E-state index contributed by atoms with van der Waals surface area (Å²) in [6.45, 7) is 3.76. The number of ether oxygens (including phenoxy) is 1. The number of morpholine rings is 1. The monoisotopic (exact) mass is 490 g/mol. The smallest absolute Gasteiger partial charge is 0.378 e. The van der Waals surface area contributed by atoms with Crippen LogP contribution >= 0.6 is 0 Å². The first-order valence-electron chi connectivity index (χ1n) is 12.7. The highest BCUT2D eigenvalue weighted by Crippen LogP contribution is 2.38. The van der Waals surface area contributed by atoms with Crippen LogP contribution in [-0.2, 0) is 14.3 Å². The third-order valence-corrected chi connectivity index (χ3v) is 7.66. The number of likely N-dealkylation sites (tertiary alicyclic amines) is 1. The fraction of sp³-hybridized carbons (Fsp3) is 0.917. The van der Waals surface area contributed by atoms with Crippen LogP contribution in [0.15, 0.2) is 0 Å². The molecule has 0 aromatic carbocycles. The van der Waals surface area contributed by atoms with Crippen molar-refractivity contribution in [1.29, 1.82) is 0 Å². The standard InChI is InChI=1S/C24H41F3N4O3/c1-4-17(13-29(2)3)11-22(32)28-12-18-14-30(15-20(18)24(25,26)27)23(33)21-16-34-10-9-31(21)19-7-5-6-8-19/h17-21H,4-16H2,1-3H3,(H,28,32). The molecule has 4 unspecified atom stereocenters. The van der Waals surface area contributed by atoms with Crippen LogP contribution in [0.5, 0.6) is 0 Å². The summed E-state index contributed by atoms with van der Waals surface area (Å²) in [6, 6.07) is -0.210. The second kappa shape index (κ2) is 12.0. The molecule has 0 aromatic heterocycles. The Morgan fingerprint density at radius 2 is 1.88 bits per heavy atom. The number of nitrogens with one attached hydrogen (secondary N) is 1. The topological polar surface area (TPSA) is 65.1 Å². The number of carbonyl (C=O) groups is 2. The number of amides is 2. The number of rotatable bonds is 9. The van der Waals surface area contributed by atoms with Gasteiger partial charge in [-0.25, -0.2) is 0 Å². The summed E-state index contributed by atoms with van der Waals surface area (Å²) in [4.78, 5) is 31.3. The average molecular weight is 491 g/mol. The molecule has 10 heteroatoms. The minimum Gasteiger partial charge on any atom is -0.378 e. The molecule has 2 aliphatic heterocycles.